The van der Waals surface area contributed by atoms with E-state index in [1.807, 2.05) is 0 Å². The van der Waals surface area contributed by atoms with Crippen molar-refractivity contribution in [3.63, 3.8) is 0 Å². The van der Waals surface area contributed by atoms with Crippen LogP contribution in [0.25, 0.3) is 0 Å². The molecule has 1 unspecified atom stereocenters. The van der Waals surface area contributed by atoms with E-state index in [2.05, 4.69) is 0 Å². The highest BCUT2D eigenvalue weighted by Gasteiger charge is 2.38. The summed E-state index contributed by atoms with van der Waals surface area (Å²) in [6.07, 6.45) is 0.474. The maximum Gasteiger partial charge on any atom is 0.153 e. The Balaban J connectivity index is 2.75. The molecule has 0 aromatic heterocycles. The van der Waals surface area contributed by atoms with Crippen LogP contribution in [-0.4, -0.2) is 37.3 Å². The minimum atomic E-state index is -3.24. The van der Waals surface area contributed by atoms with Crippen molar-refractivity contribution in [3.8, 4) is 0 Å². The molecule has 1 fully saturated rings. The molecule has 1 N–H and O–H groups in total. The van der Waals surface area contributed by atoms with Gasteiger partial charge in [0.25, 0.3) is 0 Å². The first kappa shape index (κ1) is 8.93. The quantitative estimate of drug-likeness (QED) is 0.616. The van der Waals surface area contributed by atoms with Crippen molar-refractivity contribution < 1.29 is 17.9 Å². The summed E-state index contributed by atoms with van der Waals surface area (Å²) < 4.78 is 34.9. The first-order chi connectivity index (χ1) is 4.97. The zero-order chi connectivity index (χ0) is 8.54. The average molecular weight is 182 g/mol. The molecule has 0 saturated carbocycles. The summed E-state index contributed by atoms with van der Waals surface area (Å²) in [6.45, 7) is -0.688. The van der Waals surface area contributed by atoms with Crippen LogP contribution in [0.4, 0.5) is 4.39 Å². The molecule has 1 aliphatic rings. The van der Waals surface area contributed by atoms with Crippen LogP contribution >= 0.6 is 0 Å². The normalized spacial score (nSPS) is 36.9. The smallest absolute Gasteiger partial charge is 0.153 e. The Labute approximate surface area is 65.1 Å². The van der Waals surface area contributed by atoms with Gasteiger partial charge in [-0.1, -0.05) is 0 Å². The summed E-state index contributed by atoms with van der Waals surface area (Å²) in [5, 5.41) is 8.54. The number of halogens is 1. The topological polar surface area (TPSA) is 54.4 Å². The van der Waals surface area contributed by atoms with Crippen molar-refractivity contribution >= 4 is 9.84 Å². The Hall–Kier alpha value is -0.160. The molecule has 1 saturated heterocycles. The number of sulfone groups is 1. The molecule has 0 aromatic rings. The van der Waals surface area contributed by atoms with Crippen molar-refractivity contribution in [1.82, 2.24) is 0 Å². The van der Waals surface area contributed by atoms with Gasteiger partial charge in [-0.05, 0) is 12.8 Å². The number of hydrogen-bond acceptors (Lipinski definition) is 3. The summed E-state index contributed by atoms with van der Waals surface area (Å²) in [4.78, 5) is 0. The standard InChI is InChI=1S/C6H11FO3S/c7-6(4-8)2-1-3-11(9,10)5-6/h8H,1-5H2. The lowest BCUT2D eigenvalue weighted by molar-refractivity contribution is 0.0786. The van der Waals surface area contributed by atoms with Crippen molar-refractivity contribution in [2.45, 2.75) is 18.5 Å². The lowest BCUT2D eigenvalue weighted by atomic mass is 10.0. The minimum Gasteiger partial charge on any atom is -0.393 e. The fourth-order valence-electron chi connectivity index (χ4n) is 1.27. The summed E-state index contributed by atoms with van der Waals surface area (Å²) >= 11 is 0. The van der Waals surface area contributed by atoms with E-state index in [9.17, 15) is 12.8 Å². The Morgan fingerprint density at radius 2 is 2.18 bits per heavy atom. The van der Waals surface area contributed by atoms with Gasteiger partial charge in [0.05, 0.1) is 18.1 Å². The van der Waals surface area contributed by atoms with Gasteiger partial charge in [-0.3, -0.25) is 0 Å². The van der Waals surface area contributed by atoms with E-state index >= 15 is 0 Å². The molecule has 1 rings (SSSR count). The van der Waals surface area contributed by atoms with Crippen molar-refractivity contribution in [3.05, 3.63) is 0 Å². The van der Waals surface area contributed by atoms with E-state index < -0.39 is 27.9 Å². The number of aliphatic hydroxyl groups excluding tert-OH is 1. The Morgan fingerprint density at radius 3 is 2.55 bits per heavy atom. The molecule has 0 bridgehead atoms. The first-order valence-electron chi connectivity index (χ1n) is 3.48. The molecule has 5 heteroatoms. The van der Waals surface area contributed by atoms with Crippen LogP contribution in [0.5, 0.6) is 0 Å². The van der Waals surface area contributed by atoms with E-state index in [4.69, 9.17) is 5.11 Å². The van der Waals surface area contributed by atoms with E-state index in [1.54, 1.807) is 0 Å². The van der Waals surface area contributed by atoms with Crippen LogP contribution in [0, 0.1) is 0 Å². The average Bonchev–Trinajstić information content (AvgIpc) is 1.85. The van der Waals surface area contributed by atoms with Crippen LogP contribution in [0.2, 0.25) is 0 Å². The van der Waals surface area contributed by atoms with Gasteiger partial charge in [-0.2, -0.15) is 0 Å². The molecule has 1 heterocycles. The lowest BCUT2D eigenvalue weighted by Gasteiger charge is -2.26. The second-order valence-corrected chi connectivity index (χ2v) is 5.19. The molecule has 3 nitrogen and oxygen atoms in total. The SMILES string of the molecule is O=S1(=O)CCCC(F)(CO)C1. The van der Waals surface area contributed by atoms with E-state index in [-0.39, 0.29) is 12.2 Å². The lowest BCUT2D eigenvalue weighted by Crippen LogP contribution is -2.41. The van der Waals surface area contributed by atoms with Gasteiger partial charge >= 0.3 is 0 Å². The Morgan fingerprint density at radius 1 is 1.55 bits per heavy atom. The Bertz CT molecular complexity index is 236. The number of rotatable bonds is 1. The van der Waals surface area contributed by atoms with Crippen LogP contribution in [0.1, 0.15) is 12.8 Å². The molecular formula is C6H11FO3S. The zero-order valence-corrected chi connectivity index (χ0v) is 6.90. The molecular weight excluding hydrogens is 171 g/mol. The van der Waals surface area contributed by atoms with Gasteiger partial charge in [0, 0.05) is 0 Å². The third-order valence-corrected chi connectivity index (χ3v) is 3.71. The van der Waals surface area contributed by atoms with E-state index in [1.165, 1.54) is 0 Å². The molecule has 0 radical (unpaired) electrons. The fourth-order valence-corrected chi connectivity index (χ4v) is 3.02. The monoisotopic (exact) mass is 182 g/mol. The molecule has 1 atom stereocenters. The second-order valence-electron chi connectivity index (χ2n) is 3.00. The van der Waals surface area contributed by atoms with Gasteiger partial charge in [-0.15, -0.1) is 0 Å². The van der Waals surface area contributed by atoms with Crippen LogP contribution in [0.15, 0.2) is 0 Å². The predicted octanol–water partition coefficient (Wildman–Crippen LogP) is -0.104. The molecule has 0 spiro atoms. The highest BCUT2D eigenvalue weighted by molar-refractivity contribution is 7.91. The van der Waals surface area contributed by atoms with Gasteiger partial charge < -0.3 is 5.11 Å². The summed E-state index contributed by atoms with van der Waals surface area (Å²) in [6, 6.07) is 0. The van der Waals surface area contributed by atoms with Crippen LogP contribution < -0.4 is 0 Å². The maximum atomic E-state index is 13.2. The van der Waals surface area contributed by atoms with E-state index in [0.717, 1.165) is 0 Å². The van der Waals surface area contributed by atoms with Crippen LogP contribution in [-0.2, 0) is 9.84 Å². The number of hydrogen-bond donors (Lipinski definition) is 1. The molecule has 0 aromatic carbocycles. The van der Waals surface area contributed by atoms with Crippen molar-refractivity contribution in [2.24, 2.45) is 0 Å². The summed E-state index contributed by atoms with van der Waals surface area (Å²) in [5.41, 5.74) is -1.88. The predicted molar refractivity (Wildman–Crippen MR) is 38.8 cm³/mol. The van der Waals surface area contributed by atoms with E-state index in [0.29, 0.717) is 6.42 Å². The largest absolute Gasteiger partial charge is 0.393 e. The highest BCUT2D eigenvalue weighted by atomic mass is 32.2. The summed E-state index contributed by atoms with van der Waals surface area (Å²) in [7, 11) is -3.24. The van der Waals surface area contributed by atoms with Crippen LogP contribution in [0.3, 0.4) is 0 Å². The number of alkyl halides is 1. The maximum absolute atomic E-state index is 13.2. The zero-order valence-electron chi connectivity index (χ0n) is 6.09. The molecule has 0 amide bonds. The summed E-state index contributed by atoms with van der Waals surface area (Å²) in [5.74, 6) is -0.463. The molecule has 66 valence electrons. The molecule has 11 heavy (non-hydrogen) atoms. The number of aliphatic hydroxyl groups is 1. The third-order valence-electron chi connectivity index (χ3n) is 1.84. The van der Waals surface area contributed by atoms with Gasteiger partial charge in [0.15, 0.2) is 9.84 Å². The van der Waals surface area contributed by atoms with Crippen molar-refractivity contribution in [2.75, 3.05) is 18.1 Å². The van der Waals surface area contributed by atoms with Gasteiger partial charge in [0.2, 0.25) is 0 Å². The fraction of sp³-hybridized carbons (Fsp3) is 1.00. The second kappa shape index (κ2) is 2.71. The third kappa shape index (κ3) is 2.13. The minimum absolute atomic E-state index is 0.0542. The first-order valence-corrected chi connectivity index (χ1v) is 5.30. The Kier molecular flexibility index (Phi) is 2.20. The highest BCUT2D eigenvalue weighted by Crippen LogP contribution is 2.25. The van der Waals surface area contributed by atoms with Gasteiger partial charge in [0.1, 0.15) is 5.67 Å². The van der Waals surface area contributed by atoms with Crippen molar-refractivity contribution in [1.29, 1.82) is 0 Å². The van der Waals surface area contributed by atoms with Gasteiger partial charge in [-0.25, -0.2) is 12.8 Å². The molecule has 1 aliphatic heterocycles. The molecule has 0 aliphatic carbocycles.